The van der Waals surface area contributed by atoms with Gasteiger partial charge in [0.05, 0.1) is 6.20 Å². The Hall–Kier alpha value is -2.26. The topological polar surface area (TPSA) is 78.5 Å². The molecule has 96 valence electrons. The standard InChI is InChI=1S/C8H7F3N6O/c1-16-6(12-4-13-16)3-17-2-5(14-15-17)7(18)8(9,10)11/h2,4H,3H2,1H3. The molecule has 2 heterocycles. The third kappa shape index (κ3) is 2.36. The summed E-state index contributed by atoms with van der Waals surface area (Å²) < 4.78 is 38.9. The van der Waals surface area contributed by atoms with E-state index in [0.717, 1.165) is 10.9 Å². The van der Waals surface area contributed by atoms with Crippen LogP contribution in [0.4, 0.5) is 13.2 Å². The smallest absolute Gasteiger partial charge is 0.282 e. The Balaban J connectivity index is 2.17. The maximum Gasteiger partial charge on any atom is 0.456 e. The van der Waals surface area contributed by atoms with Crippen LogP contribution < -0.4 is 0 Å². The summed E-state index contributed by atoms with van der Waals surface area (Å²) in [6, 6.07) is 0. The summed E-state index contributed by atoms with van der Waals surface area (Å²) in [4.78, 5) is 14.7. The van der Waals surface area contributed by atoms with Crippen molar-refractivity contribution in [2.24, 2.45) is 7.05 Å². The van der Waals surface area contributed by atoms with Crippen LogP contribution in [-0.2, 0) is 13.6 Å². The summed E-state index contributed by atoms with van der Waals surface area (Å²) in [7, 11) is 1.63. The zero-order valence-electron chi connectivity index (χ0n) is 9.09. The lowest BCUT2D eigenvalue weighted by molar-refractivity contribution is -0.0888. The second kappa shape index (κ2) is 4.20. The van der Waals surface area contributed by atoms with Crippen LogP contribution in [0, 0.1) is 0 Å². The van der Waals surface area contributed by atoms with Gasteiger partial charge < -0.3 is 0 Å². The first kappa shape index (κ1) is 12.2. The molecule has 2 aromatic rings. The number of alkyl halides is 3. The van der Waals surface area contributed by atoms with Gasteiger partial charge in [0.1, 0.15) is 18.7 Å². The number of aromatic nitrogens is 6. The van der Waals surface area contributed by atoms with Gasteiger partial charge in [0.15, 0.2) is 5.69 Å². The highest BCUT2D eigenvalue weighted by Crippen LogP contribution is 2.19. The number of halogens is 3. The van der Waals surface area contributed by atoms with Crippen LogP contribution in [-0.4, -0.2) is 41.7 Å². The summed E-state index contributed by atoms with van der Waals surface area (Å²) in [6.07, 6.45) is -2.73. The van der Waals surface area contributed by atoms with Gasteiger partial charge >= 0.3 is 6.18 Å². The van der Waals surface area contributed by atoms with E-state index in [1.807, 2.05) is 0 Å². The molecule has 0 aliphatic carbocycles. The van der Waals surface area contributed by atoms with E-state index in [1.54, 1.807) is 7.05 Å². The number of aryl methyl sites for hydroxylation is 1. The molecule has 0 saturated carbocycles. The van der Waals surface area contributed by atoms with Gasteiger partial charge in [-0.25, -0.2) is 9.67 Å². The molecule has 0 saturated heterocycles. The zero-order chi connectivity index (χ0) is 13.3. The van der Waals surface area contributed by atoms with E-state index in [1.165, 1.54) is 11.0 Å². The fourth-order valence-electron chi connectivity index (χ4n) is 1.23. The summed E-state index contributed by atoms with van der Waals surface area (Å²) >= 11 is 0. The Bertz CT molecular complexity index is 571. The number of hydrogen-bond donors (Lipinski definition) is 0. The largest absolute Gasteiger partial charge is 0.456 e. The van der Waals surface area contributed by atoms with Gasteiger partial charge in [0.25, 0.3) is 5.78 Å². The van der Waals surface area contributed by atoms with Gasteiger partial charge in [0.2, 0.25) is 0 Å². The molecule has 0 amide bonds. The highest BCUT2D eigenvalue weighted by molar-refractivity contribution is 5.98. The molecule has 7 nitrogen and oxygen atoms in total. The molecule has 0 N–H and O–H groups in total. The molecule has 2 rings (SSSR count). The SMILES string of the molecule is Cn1ncnc1Cn1cc(C(=O)C(F)(F)F)nn1. The van der Waals surface area contributed by atoms with Crippen LogP contribution in [0.2, 0.25) is 0 Å². The van der Waals surface area contributed by atoms with Crippen LogP contribution in [0.3, 0.4) is 0 Å². The molecule has 0 radical (unpaired) electrons. The highest BCUT2D eigenvalue weighted by Gasteiger charge is 2.41. The van der Waals surface area contributed by atoms with Crippen molar-refractivity contribution in [3.8, 4) is 0 Å². The van der Waals surface area contributed by atoms with E-state index in [9.17, 15) is 18.0 Å². The maximum atomic E-state index is 12.1. The molecule has 0 bridgehead atoms. The first-order chi connectivity index (χ1) is 8.38. The zero-order valence-corrected chi connectivity index (χ0v) is 9.09. The monoisotopic (exact) mass is 260 g/mol. The number of nitrogens with zero attached hydrogens (tertiary/aromatic N) is 6. The molecular formula is C8H7F3N6O. The number of carbonyl (C=O) groups excluding carboxylic acids is 1. The van der Waals surface area contributed by atoms with Gasteiger partial charge in [0, 0.05) is 7.05 Å². The second-order valence-corrected chi connectivity index (χ2v) is 3.43. The third-order valence-corrected chi connectivity index (χ3v) is 2.14. The number of hydrogen-bond acceptors (Lipinski definition) is 5. The molecule has 10 heteroatoms. The van der Waals surface area contributed by atoms with Crippen molar-refractivity contribution in [1.29, 1.82) is 0 Å². The average Bonchev–Trinajstić information content (AvgIpc) is 2.87. The molecule has 0 aliphatic heterocycles. The summed E-state index contributed by atoms with van der Waals surface area (Å²) in [5.41, 5.74) is -0.746. The van der Waals surface area contributed by atoms with E-state index in [-0.39, 0.29) is 6.54 Å². The fourth-order valence-corrected chi connectivity index (χ4v) is 1.23. The highest BCUT2D eigenvalue weighted by atomic mass is 19.4. The lowest BCUT2D eigenvalue weighted by Gasteiger charge is -2.00. The van der Waals surface area contributed by atoms with Crippen LogP contribution >= 0.6 is 0 Å². The Kier molecular flexibility index (Phi) is 2.85. The van der Waals surface area contributed by atoms with Gasteiger partial charge in [-0.05, 0) is 0 Å². The Morgan fingerprint density at radius 1 is 1.44 bits per heavy atom. The number of rotatable bonds is 3. The van der Waals surface area contributed by atoms with E-state index in [4.69, 9.17) is 0 Å². The molecule has 0 atom stereocenters. The predicted octanol–water partition coefficient (Wildman–Crippen LogP) is 0.200. The minimum absolute atomic E-state index is 0.0780. The lowest BCUT2D eigenvalue weighted by atomic mass is 10.3. The number of ketones is 1. The van der Waals surface area contributed by atoms with E-state index in [2.05, 4.69) is 20.4 Å². The number of Topliss-reactive ketones (excluding diaryl/α,β-unsaturated/α-hetero) is 1. The normalized spacial score (nSPS) is 11.8. The van der Waals surface area contributed by atoms with Gasteiger partial charge in [-0.2, -0.15) is 18.3 Å². The van der Waals surface area contributed by atoms with Crippen molar-refractivity contribution in [1.82, 2.24) is 29.8 Å². The van der Waals surface area contributed by atoms with Crippen LogP contribution in [0.25, 0.3) is 0 Å². The Morgan fingerprint density at radius 2 is 2.17 bits per heavy atom. The Labute approximate surface area is 98.2 Å². The van der Waals surface area contributed by atoms with E-state index >= 15 is 0 Å². The summed E-state index contributed by atoms with van der Waals surface area (Å²) in [6.45, 7) is 0.0780. The first-order valence-electron chi connectivity index (χ1n) is 4.72. The summed E-state index contributed by atoms with van der Waals surface area (Å²) in [5, 5.41) is 10.4. The maximum absolute atomic E-state index is 12.1. The fraction of sp³-hybridized carbons (Fsp3) is 0.375. The van der Waals surface area contributed by atoms with Crippen LogP contribution in [0.5, 0.6) is 0 Å². The quantitative estimate of drug-likeness (QED) is 0.736. The summed E-state index contributed by atoms with van der Waals surface area (Å²) in [5.74, 6) is -1.54. The van der Waals surface area contributed by atoms with Crippen molar-refractivity contribution < 1.29 is 18.0 Å². The molecule has 0 spiro atoms. The average molecular weight is 260 g/mol. The molecule has 18 heavy (non-hydrogen) atoms. The second-order valence-electron chi connectivity index (χ2n) is 3.43. The van der Waals surface area contributed by atoms with Crippen molar-refractivity contribution in [2.75, 3.05) is 0 Å². The van der Waals surface area contributed by atoms with Gasteiger partial charge in [-0.1, -0.05) is 5.21 Å². The minimum Gasteiger partial charge on any atom is -0.282 e. The van der Waals surface area contributed by atoms with Gasteiger partial charge in [-0.3, -0.25) is 9.48 Å². The van der Waals surface area contributed by atoms with Crippen molar-refractivity contribution in [2.45, 2.75) is 12.7 Å². The Morgan fingerprint density at radius 3 is 2.72 bits per heavy atom. The van der Waals surface area contributed by atoms with Gasteiger partial charge in [-0.15, -0.1) is 5.10 Å². The van der Waals surface area contributed by atoms with E-state index in [0.29, 0.717) is 5.82 Å². The molecule has 2 aromatic heterocycles. The molecule has 0 fully saturated rings. The van der Waals surface area contributed by atoms with Crippen molar-refractivity contribution in [3.63, 3.8) is 0 Å². The molecule has 0 aromatic carbocycles. The molecule has 0 unspecified atom stereocenters. The molecule has 0 aliphatic rings. The third-order valence-electron chi connectivity index (χ3n) is 2.14. The number of carbonyl (C=O) groups is 1. The van der Waals surface area contributed by atoms with Crippen LogP contribution in [0.15, 0.2) is 12.5 Å². The lowest BCUT2D eigenvalue weighted by Crippen LogP contribution is -2.23. The van der Waals surface area contributed by atoms with E-state index < -0.39 is 17.7 Å². The predicted molar refractivity (Wildman–Crippen MR) is 50.5 cm³/mol. The van der Waals surface area contributed by atoms with Crippen molar-refractivity contribution in [3.05, 3.63) is 24.0 Å². The molecular weight excluding hydrogens is 253 g/mol. The first-order valence-corrected chi connectivity index (χ1v) is 4.72. The van der Waals surface area contributed by atoms with Crippen LogP contribution in [0.1, 0.15) is 16.3 Å². The van der Waals surface area contributed by atoms with Crippen molar-refractivity contribution >= 4 is 5.78 Å². The minimum atomic E-state index is -4.95.